The second-order valence-electron chi connectivity index (χ2n) is 4.31. The third-order valence-electron chi connectivity index (χ3n) is 3.29. The standard InChI is InChI=1S/C11H20N2O2/c1-4-8(2)9(14)13-11(6-5-7-11)10(15)12-3/h8H,4-7H2,1-3H3,(H,12,15)(H,13,14). The zero-order valence-electron chi connectivity index (χ0n) is 9.72. The maximum Gasteiger partial charge on any atom is 0.245 e. The molecule has 2 amide bonds. The van der Waals surface area contributed by atoms with Crippen LogP contribution < -0.4 is 10.6 Å². The number of nitrogens with one attached hydrogen (secondary N) is 2. The van der Waals surface area contributed by atoms with Crippen LogP contribution in [-0.2, 0) is 9.59 Å². The molecule has 0 heterocycles. The third-order valence-corrected chi connectivity index (χ3v) is 3.29. The summed E-state index contributed by atoms with van der Waals surface area (Å²) in [6, 6.07) is 0. The van der Waals surface area contributed by atoms with E-state index < -0.39 is 5.54 Å². The van der Waals surface area contributed by atoms with E-state index in [0.717, 1.165) is 25.7 Å². The van der Waals surface area contributed by atoms with Crippen LogP contribution in [0, 0.1) is 5.92 Å². The average molecular weight is 212 g/mol. The number of likely N-dealkylation sites (N-methyl/N-ethyl adjacent to an activating group) is 1. The molecular formula is C11H20N2O2. The molecule has 0 saturated heterocycles. The van der Waals surface area contributed by atoms with Gasteiger partial charge in [0.2, 0.25) is 11.8 Å². The smallest absolute Gasteiger partial charge is 0.245 e. The van der Waals surface area contributed by atoms with Crippen LogP contribution in [-0.4, -0.2) is 24.4 Å². The largest absolute Gasteiger partial charge is 0.357 e. The first kappa shape index (κ1) is 12.0. The van der Waals surface area contributed by atoms with Crippen molar-refractivity contribution in [1.82, 2.24) is 10.6 Å². The van der Waals surface area contributed by atoms with Crippen LogP contribution >= 0.6 is 0 Å². The molecular weight excluding hydrogens is 192 g/mol. The number of rotatable bonds is 4. The third kappa shape index (κ3) is 2.30. The predicted octanol–water partition coefficient (Wildman–Crippen LogP) is 0.817. The van der Waals surface area contributed by atoms with Gasteiger partial charge in [0.05, 0.1) is 0 Å². The van der Waals surface area contributed by atoms with Gasteiger partial charge in [-0.25, -0.2) is 0 Å². The normalized spacial score (nSPS) is 19.9. The molecule has 0 radical (unpaired) electrons. The zero-order valence-corrected chi connectivity index (χ0v) is 9.72. The fourth-order valence-corrected chi connectivity index (χ4v) is 1.72. The zero-order chi connectivity index (χ0) is 11.5. The maximum absolute atomic E-state index is 11.7. The second-order valence-corrected chi connectivity index (χ2v) is 4.31. The fraction of sp³-hybridized carbons (Fsp3) is 0.818. The molecule has 1 rings (SSSR count). The molecule has 0 aliphatic heterocycles. The van der Waals surface area contributed by atoms with Crippen molar-refractivity contribution in [2.24, 2.45) is 5.92 Å². The Labute approximate surface area is 90.8 Å². The van der Waals surface area contributed by atoms with Crippen LogP contribution in [0.5, 0.6) is 0 Å². The van der Waals surface area contributed by atoms with Gasteiger partial charge in [0.1, 0.15) is 5.54 Å². The Morgan fingerprint density at radius 3 is 2.33 bits per heavy atom. The van der Waals surface area contributed by atoms with E-state index >= 15 is 0 Å². The molecule has 0 bridgehead atoms. The SMILES string of the molecule is CCC(C)C(=O)NC1(C(=O)NC)CCC1. The molecule has 1 aliphatic carbocycles. The molecule has 4 nitrogen and oxygen atoms in total. The minimum Gasteiger partial charge on any atom is -0.357 e. The lowest BCUT2D eigenvalue weighted by molar-refractivity contribution is -0.138. The first-order valence-electron chi connectivity index (χ1n) is 5.60. The van der Waals surface area contributed by atoms with Gasteiger partial charge >= 0.3 is 0 Å². The molecule has 15 heavy (non-hydrogen) atoms. The Bertz CT molecular complexity index is 259. The van der Waals surface area contributed by atoms with Crippen LogP contribution in [0.1, 0.15) is 39.5 Å². The molecule has 0 aromatic carbocycles. The molecule has 0 spiro atoms. The van der Waals surface area contributed by atoms with Crippen molar-refractivity contribution in [2.45, 2.75) is 45.1 Å². The minimum absolute atomic E-state index is 0.0131. The Morgan fingerprint density at radius 1 is 1.40 bits per heavy atom. The number of amides is 2. The summed E-state index contributed by atoms with van der Waals surface area (Å²) < 4.78 is 0. The summed E-state index contributed by atoms with van der Waals surface area (Å²) in [5.41, 5.74) is -0.616. The van der Waals surface area contributed by atoms with E-state index in [9.17, 15) is 9.59 Å². The average Bonchev–Trinajstić information content (AvgIpc) is 2.20. The highest BCUT2D eigenvalue weighted by molar-refractivity contribution is 5.92. The van der Waals surface area contributed by atoms with Crippen LogP contribution in [0.15, 0.2) is 0 Å². The summed E-state index contributed by atoms with van der Waals surface area (Å²) in [7, 11) is 1.61. The topological polar surface area (TPSA) is 58.2 Å². The second kappa shape index (κ2) is 4.64. The van der Waals surface area contributed by atoms with E-state index in [2.05, 4.69) is 10.6 Å². The molecule has 1 fully saturated rings. The van der Waals surface area contributed by atoms with Gasteiger partial charge in [-0.1, -0.05) is 13.8 Å². The summed E-state index contributed by atoms with van der Waals surface area (Å²) in [4.78, 5) is 23.3. The maximum atomic E-state index is 11.7. The fourth-order valence-electron chi connectivity index (χ4n) is 1.72. The lowest BCUT2D eigenvalue weighted by Gasteiger charge is -2.41. The summed E-state index contributed by atoms with van der Waals surface area (Å²) in [5.74, 6) is -0.0988. The molecule has 1 aliphatic rings. The quantitative estimate of drug-likeness (QED) is 0.724. The first-order valence-corrected chi connectivity index (χ1v) is 5.60. The molecule has 1 unspecified atom stereocenters. The first-order chi connectivity index (χ1) is 7.05. The molecule has 1 atom stereocenters. The van der Waals surface area contributed by atoms with Crippen LogP contribution in [0.2, 0.25) is 0 Å². The highest BCUT2D eigenvalue weighted by atomic mass is 16.2. The van der Waals surface area contributed by atoms with Crippen molar-refractivity contribution in [3.05, 3.63) is 0 Å². The van der Waals surface area contributed by atoms with Crippen molar-refractivity contribution in [3.8, 4) is 0 Å². The lowest BCUT2D eigenvalue weighted by atomic mass is 9.75. The van der Waals surface area contributed by atoms with Gasteiger partial charge in [-0.2, -0.15) is 0 Å². The molecule has 86 valence electrons. The molecule has 0 aromatic rings. The minimum atomic E-state index is -0.616. The summed E-state index contributed by atoms with van der Waals surface area (Å²) in [6.07, 6.45) is 3.33. The van der Waals surface area contributed by atoms with Crippen molar-refractivity contribution < 1.29 is 9.59 Å². The van der Waals surface area contributed by atoms with Crippen LogP contribution in [0.4, 0.5) is 0 Å². The highest BCUT2D eigenvalue weighted by Crippen LogP contribution is 2.32. The number of carbonyl (C=O) groups is 2. The van der Waals surface area contributed by atoms with Crippen LogP contribution in [0.3, 0.4) is 0 Å². The summed E-state index contributed by atoms with van der Waals surface area (Å²) >= 11 is 0. The van der Waals surface area contributed by atoms with Crippen LogP contribution in [0.25, 0.3) is 0 Å². The van der Waals surface area contributed by atoms with Gasteiger partial charge in [0.15, 0.2) is 0 Å². The predicted molar refractivity (Wildman–Crippen MR) is 58.2 cm³/mol. The number of hydrogen-bond donors (Lipinski definition) is 2. The molecule has 2 N–H and O–H groups in total. The molecule has 0 aromatic heterocycles. The van der Waals surface area contributed by atoms with E-state index in [0.29, 0.717) is 0 Å². The number of carbonyl (C=O) groups excluding carboxylic acids is 2. The summed E-state index contributed by atoms with van der Waals surface area (Å²) in [6.45, 7) is 3.85. The Kier molecular flexibility index (Phi) is 3.72. The lowest BCUT2D eigenvalue weighted by Crippen LogP contribution is -2.63. The van der Waals surface area contributed by atoms with E-state index in [1.807, 2.05) is 13.8 Å². The van der Waals surface area contributed by atoms with E-state index in [1.54, 1.807) is 7.05 Å². The van der Waals surface area contributed by atoms with Gasteiger partial charge in [0.25, 0.3) is 0 Å². The van der Waals surface area contributed by atoms with Crippen molar-refractivity contribution in [1.29, 1.82) is 0 Å². The molecule has 4 heteroatoms. The van der Waals surface area contributed by atoms with E-state index in [-0.39, 0.29) is 17.7 Å². The Hall–Kier alpha value is -1.06. The van der Waals surface area contributed by atoms with Crippen molar-refractivity contribution >= 4 is 11.8 Å². The van der Waals surface area contributed by atoms with Gasteiger partial charge in [0, 0.05) is 13.0 Å². The van der Waals surface area contributed by atoms with E-state index in [4.69, 9.17) is 0 Å². The number of hydrogen-bond acceptors (Lipinski definition) is 2. The van der Waals surface area contributed by atoms with Gasteiger partial charge in [-0.05, 0) is 25.7 Å². The van der Waals surface area contributed by atoms with Crippen molar-refractivity contribution in [3.63, 3.8) is 0 Å². The monoisotopic (exact) mass is 212 g/mol. The van der Waals surface area contributed by atoms with Crippen molar-refractivity contribution in [2.75, 3.05) is 7.05 Å². The Balaban J connectivity index is 2.61. The highest BCUT2D eigenvalue weighted by Gasteiger charge is 2.45. The van der Waals surface area contributed by atoms with Gasteiger partial charge in [-0.15, -0.1) is 0 Å². The molecule has 1 saturated carbocycles. The summed E-state index contributed by atoms with van der Waals surface area (Å²) in [5, 5.41) is 5.50. The van der Waals surface area contributed by atoms with Gasteiger partial charge in [-0.3, -0.25) is 9.59 Å². The van der Waals surface area contributed by atoms with Gasteiger partial charge < -0.3 is 10.6 Å². The Morgan fingerprint density at radius 2 is 2.00 bits per heavy atom. The van der Waals surface area contributed by atoms with E-state index in [1.165, 1.54) is 0 Å².